The third kappa shape index (κ3) is 4.15. The lowest BCUT2D eigenvalue weighted by Crippen LogP contribution is -2.52. The fraction of sp³-hybridized carbons (Fsp3) is 0.529. The van der Waals surface area contributed by atoms with Crippen molar-refractivity contribution < 1.29 is 24.2 Å². The number of amides is 1. The zero-order chi connectivity index (χ0) is 16.9. The van der Waals surface area contributed by atoms with Crippen molar-refractivity contribution in [1.29, 1.82) is 0 Å². The number of rotatable bonds is 7. The molecule has 0 aliphatic heterocycles. The Labute approximate surface area is 135 Å². The average Bonchev–Trinajstić information content (AvgIpc) is 3.02. The van der Waals surface area contributed by atoms with Crippen LogP contribution in [0.2, 0.25) is 0 Å². The number of aliphatic carboxylic acids is 1. The average molecular weight is 321 g/mol. The van der Waals surface area contributed by atoms with Crippen LogP contribution in [0, 0.1) is 0 Å². The van der Waals surface area contributed by atoms with Crippen molar-refractivity contribution in [2.24, 2.45) is 0 Å². The first-order valence-corrected chi connectivity index (χ1v) is 7.75. The molecule has 2 rings (SSSR count). The molecule has 0 atom stereocenters. The maximum atomic E-state index is 12.2. The highest BCUT2D eigenvalue weighted by Gasteiger charge is 2.42. The second kappa shape index (κ2) is 7.35. The van der Waals surface area contributed by atoms with Crippen molar-refractivity contribution in [2.45, 2.75) is 44.1 Å². The first-order valence-electron chi connectivity index (χ1n) is 7.75. The van der Waals surface area contributed by atoms with Crippen molar-refractivity contribution in [3.63, 3.8) is 0 Å². The van der Waals surface area contributed by atoms with Gasteiger partial charge in [-0.1, -0.05) is 12.8 Å². The number of aryl methyl sites for hydroxylation is 1. The molecule has 1 fully saturated rings. The van der Waals surface area contributed by atoms with E-state index in [1.807, 2.05) is 12.1 Å². The molecule has 1 aromatic rings. The monoisotopic (exact) mass is 321 g/mol. The van der Waals surface area contributed by atoms with E-state index in [9.17, 15) is 14.7 Å². The summed E-state index contributed by atoms with van der Waals surface area (Å²) in [7, 11) is 3.14. The number of carboxylic acids is 1. The summed E-state index contributed by atoms with van der Waals surface area (Å²) in [4.78, 5) is 23.6. The van der Waals surface area contributed by atoms with E-state index >= 15 is 0 Å². The van der Waals surface area contributed by atoms with Gasteiger partial charge in [0, 0.05) is 12.5 Å². The molecule has 0 heterocycles. The van der Waals surface area contributed by atoms with Crippen LogP contribution in [0.15, 0.2) is 18.2 Å². The number of carboxylic acid groups (broad SMARTS) is 1. The van der Waals surface area contributed by atoms with Crippen molar-refractivity contribution in [3.8, 4) is 11.5 Å². The van der Waals surface area contributed by atoms with Gasteiger partial charge in [-0.15, -0.1) is 0 Å². The molecule has 0 saturated heterocycles. The highest BCUT2D eigenvalue weighted by molar-refractivity contribution is 5.87. The molecule has 6 heteroatoms. The third-order valence-electron chi connectivity index (χ3n) is 4.30. The molecule has 1 aromatic carbocycles. The maximum Gasteiger partial charge on any atom is 0.329 e. The minimum atomic E-state index is -1.08. The summed E-state index contributed by atoms with van der Waals surface area (Å²) in [5.74, 6) is 0.151. The molecule has 0 aromatic heterocycles. The zero-order valence-corrected chi connectivity index (χ0v) is 13.6. The largest absolute Gasteiger partial charge is 0.497 e. The molecule has 23 heavy (non-hydrogen) atoms. The number of carbonyl (C=O) groups is 2. The molecule has 1 aliphatic carbocycles. The maximum absolute atomic E-state index is 12.2. The summed E-state index contributed by atoms with van der Waals surface area (Å²) in [5, 5.41) is 12.1. The lowest BCUT2D eigenvalue weighted by molar-refractivity contribution is -0.147. The Kier molecular flexibility index (Phi) is 5.47. The van der Waals surface area contributed by atoms with Crippen LogP contribution in [0.1, 0.15) is 37.7 Å². The summed E-state index contributed by atoms with van der Waals surface area (Å²) < 4.78 is 10.4. The summed E-state index contributed by atoms with van der Waals surface area (Å²) in [6, 6.07) is 5.46. The summed E-state index contributed by atoms with van der Waals surface area (Å²) in [6.45, 7) is 0. The molecule has 2 N–H and O–H groups in total. The van der Waals surface area contributed by atoms with Gasteiger partial charge in [-0.2, -0.15) is 0 Å². The van der Waals surface area contributed by atoms with Gasteiger partial charge in [-0.25, -0.2) is 4.79 Å². The highest BCUT2D eigenvalue weighted by atomic mass is 16.5. The predicted octanol–water partition coefficient (Wildman–Crippen LogP) is 2.15. The predicted molar refractivity (Wildman–Crippen MR) is 84.8 cm³/mol. The Morgan fingerprint density at radius 2 is 1.70 bits per heavy atom. The van der Waals surface area contributed by atoms with Gasteiger partial charge in [-0.3, -0.25) is 4.79 Å². The molecular weight excluding hydrogens is 298 g/mol. The normalized spacial score (nSPS) is 15.9. The molecule has 126 valence electrons. The van der Waals surface area contributed by atoms with E-state index < -0.39 is 11.5 Å². The molecule has 0 unspecified atom stereocenters. The number of hydrogen-bond acceptors (Lipinski definition) is 4. The van der Waals surface area contributed by atoms with Gasteiger partial charge in [0.25, 0.3) is 0 Å². The van der Waals surface area contributed by atoms with Gasteiger partial charge in [0.05, 0.1) is 14.2 Å². The van der Waals surface area contributed by atoms with Gasteiger partial charge < -0.3 is 19.9 Å². The second-order valence-electron chi connectivity index (χ2n) is 5.86. The smallest absolute Gasteiger partial charge is 0.329 e. The topological polar surface area (TPSA) is 84.9 Å². The summed E-state index contributed by atoms with van der Waals surface area (Å²) in [6.07, 6.45) is 3.39. The number of nitrogens with one attached hydrogen (secondary N) is 1. The lowest BCUT2D eigenvalue weighted by Gasteiger charge is -2.25. The van der Waals surface area contributed by atoms with Crippen LogP contribution in [-0.4, -0.2) is 36.7 Å². The first kappa shape index (κ1) is 17.1. The van der Waals surface area contributed by atoms with E-state index in [0.717, 1.165) is 18.4 Å². The van der Waals surface area contributed by atoms with E-state index in [1.54, 1.807) is 20.3 Å². The molecule has 0 spiro atoms. The minimum absolute atomic E-state index is 0.228. The third-order valence-corrected chi connectivity index (χ3v) is 4.30. The van der Waals surface area contributed by atoms with Crippen molar-refractivity contribution in [1.82, 2.24) is 5.32 Å². The lowest BCUT2D eigenvalue weighted by atomic mass is 9.97. The van der Waals surface area contributed by atoms with E-state index in [1.165, 1.54) is 0 Å². The van der Waals surface area contributed by atoms with Crippen LogP contribution in [0.25, 0.3) is 0 Å². The van der Waals surface area contributed by atoms with E-state index in [0.29, 0.717) is 30.8 Å². The fourth-order valence-electron chi connectivity index (χ4n) is 2.97. The molecule has 1 aliphatic rings. The number of benzene rings is 1. The quantitative estimate of drug-likeness (QED) is 0.804. The van der Waals surface area contributed by atoms with Crippen LogP contribution in [0.5, 0.6) is 11.5 Å². The van der Waals surface area contributed by atoms with Gasteiger partial charge >= 0.3 is 5.97 Å². The Bertz CT molecular complexity index is 556. The summed E-state index contributed by atoms with van der Waals surface area (Å²) >= 11 is 0. The SMILES string of the molecule is COc1cc(CCC(=O)NC2(C(=O)O)CCCC2)cc(OC)c1. The van der Waals surface area contributed by atoms with Crippen molar-refractivity contribution in [3.05, 3.63) is 23.8 Å². The second-order valence-corrected chi connectivity index (χ2v) is 5.86. The number of methoxy groups -OCH3 is 2. The number of ether oxygens (including phenoxy) is 2. The Hall–Kier alpha value is -2.24. The minimum Gasteiger partial charge on any atom is -0.497 e. The first-order chi connectivity index (χ1) is 11.0. The molecule has 1 amide bonds. The highest BCUT2D eigenvalue weighted by Crippen LogP contribution is 2.30. The molecule has 6 nitrogen and oxygen atoms in total. The van der Waals surface area contributed by atoms with Crippen LogP contribution in [-0.2, 0) is 16.0 Å². The molecule has 0 radical (unpaired) electrons. The Balaban J connectivity index is 1.97. The van der Waals surface area contributed by atoms with Crippen LogP contribution in [0.3, 0.4) is 0 Å². The Morgan fingerprint density at radius 1 is 1.13 bits per heavy atom. The van der Waals surface area contributed by atoms with Gasteiger partial charge in [0.1, 0.15) is 17.0 Å². The zero-order valence-electron chi connectivity index (χ0n) is 13.6. The molecule has 1 saturated carbocycles. The molecular formula is C17H23NO5. The standard InChI is InChI=1S/C17H23NO5/c1-22-13-9-12(10-14(11-13)23-2)5-6-15(19)18-17(16(20)21)7-3-4-8-17/h9-11H,3-8H2,1-2H3,(H,18,19)(H,20,21). The van der Waals surface area contributed by atoms with Gasteiger partial charge in [0.2, 0.25) is 5.91 Å². The van der Waals surface area contributed by atoms with E-state index in [2.05, 4.69) is 5.32 Å². The van der Waals surface area contributed by atoms with Crippen LogP contribution in [0.4, 0.5) is 0 Å². The molecule has 0 bridgehead atoms. The van der Waals surface area contributed by atoms with Crippen molar-refractivity contribution in [2.75, 3.05) is 14.2 Å². The van der Waals surface area contributed by atoms with Gasteiger partial charge in [-0.05, 0) is 37.0 Å². The van der Waals surface area contributed by atoms with E-state index in [4.69, 9.17) is 9.47 Å². The number of carbonyl (C=O) groups excluding carboxylic acids is 1. The van der Waals surface area contributed by atoms with Gasteiger partial charge in [0.15, 0.2) is 0 Å². The van der Waals surface area contributed by atoms with Crippen molar-refractivity contribution >= 4 is 11.9 Å². The Morgan fingerprint density at radius 3 is 2.17 bits per heavy atom. The van der Waals surface area contributed by atoms with Crippen LogP contribution < -0.4 is 14.8 Å². The fourth-order valence-corrected chi connectivity index (χ4v) is 2.97. The number of hydrogen-bond donors (Lipinski definition) is 2. The van der Waals surface area contributed by atoms with Crippen LogP contribution >= 0.6 is 0 Å². The summed E-state index contributed by atoms with van der Waals surface area (Å²) in [5.41, 5.74) is -0.171. The van der Waals surface area contributed by atoms with E-state index in [-0.39, 0.29) is 12.3 Å².